The topological polar surface area (TPSA) is 102 Å². The van der Waals surface area contributed by atoms with E-state index in [0.29, 0.717) is 11.1 Å². The minimum Gasteiger partial charge on any atom is -0.469 e. The number of rotatable bonds is 6. The third-order valence-corrected chi connectivity index (χ3v) is 3.14. The number of esters is 1. The number of aliphatic hydroxyl groups is 1. The molecule has 0 bridgehead atoms. The van der Waals surface area contributed by atoms with Crippen LogP contribution in [-0.2, 0) is 9.53 Å². The highest BCUT2D eigenvalue weighted by molar-refractivity contribution is 5.70. The normalized spacial score (nSPS) is 13.6. The van der Waals surface area contributed by atoms with Gasteiger partial charge in [-0.2, -0.15) is 0 Å². The van der Waals surface area contributed by atoms with Crippen molar-refractivity contribution < 1.29 is 19.6 Å². The molecular weight excluding hydrogens is 264 g/mol. The lowest BCUT2D eigenvalue weighted by Crippen LogP contribution is -2.34. The zero-order valence-electron chi connectivity index (χ0n) is 11.6. The Kier molecular flexibility index (Phi) is 5.60. The van der Waals surface area contributed by atoms with E-state index in [0.717, 1.165) is 0 Å². The molecule has 0 saturated heterocycles. The van der Waals surface area contributed by atoms with Crippen LogP contribution in [0.15, 0.2) is 18.2 Å². The number of nitrogens with one attached hydrogen (secondary N) is 1. The molecule has 0 radical (unpaired) electrons. The average molecular weight is 282 g/mol. The number of ether oxygens (including phenoxy) is 1. The molecule has 7 heteroatoms. The van der Waals surface area contributed by atoms with Crippen molar-refractivity contribution in [3.8, 4) is 0 Å². The van der Waals surface area contributed by atoms with E-state index in [1.54, 1.807) is 26.1 Å². The van der Waals surface area contributed by atoms with Gasteiger partial charge in [0.2, 0.25) is 0 Å². The molecular formula is C13H18N2O5. The fraction of sp³-hybridized carbons (Fsp3) is 0.462. The Bertz CT molecular complexity index is 504. The molecule has 0 aliphatic heterocycles. The van der Waals surface area contributed by atoms with Gasteiger partial charge in [0.1, 0.15) is 0 Å². The molecule has 0 aromatic heterocycles. The quantitative estimate of drug-likeness (QED) is 0.460. The molecule has 7 nitrogen and oxygen atoms in total. The minimum absolute atomic E-state index is 0.0319. The number of carbonyl (C=O) groups is 1. The highest BCUT2D eigenvalue weighted by Crippen LogP contribution is 2.26. The van der Waals surface area contributed by atoms with Crippen molar-refractivity contribution in [2.24, 2.45) is 0 Å². The molecule has 0 aliphatic rings. The maximum atomic E-state index is 11.3. The van der Waals surface area contributed by atoms with E-state index in [1.807, 2.05) is 0 Å². The Hall–Kier alpha value is -1.99. The van der Waals surface area contributed by atoms with Crippen LogP contribution in [0, 0.1) is 17.0 Å². The highest BCUT2D eigenvalue weighted by atomic mass is 16.6. The lowest BCUT2D eigenvalue weighted by molar-refractivity contribution is -0.385. The second kappa shape index (κ2) is 6.97. The second-order valence-corrected chi connectivity index (χ2v) is 4.42. The first-order chi connectivity index (χ1) is 9.40. The largest absolute Gasteiger partial charge is 0.469 e. The zero-order chi connectivity index (χ0) is 15.3. The summed E-state index contributed by atoms with van der Waals surface area (Å²) in [7, 11) is 2.86. The van der Waals surface area contributed by atoms with Crippen LogP contribution in [0.25, 0.3) is 0 Å². The Balaban J connectivity index is 3.00. The smallest absolute Gasteiger partial charge is 0.307 e. The lowest BCUT2D eigenvalue weighted by Gasteiger charge is -2.21. The van der Waals surface area contributed by atoms with Gasteiger partial charge in [-0.3, -0.25) is 14.9 Å². The summed E-state index contributed by atoms with van der Waals surface area (Å²) in [6.07, 6.45) is -1.08. The lowest BCUT2D eigenvalue weighted by atomic mass is 9.98. The molecule has 0 spiro atoms. The molecule has 2 atom stereocenters. The SMILES string of the molecule is CNC(CC(=O)OC)C(O)c1ccc(C)c([N+](=O)[O-])c1. The first-order valence-electron chi connectivity index (χ1n) is 6.07. The predicted octanol–water partition coefficient (Wildman–Crippen LogP) is 1.09. The molecule has 20 heavy (non-hydrogen) atoms. The average Bonchev–Trinajstić information content (AvgIpc) is 2.43. The number of nitrogens with zero attached hydrogens (tertiary/aromatic N) is 1. The standard InChI is InChI=1S/C13H18N2O5/c1-8-4-5-9(6-11(8)15(18)19)13(17)10(14-2)7-12(16)20-3/h4-6,10,13-14,17H,7H2,1-3H3. The Morgan fingerprint density at radius 1 is 1.55 bits per heavy atom. The summed E-state index contributed by atoms with van der Waals surface area (Å²) in [5.74, 6) is -0.468. The number of nitro benzene ring substituents is 1. The highest BCUT2D eigenvalue weighted by Gasteiger charge is 2.24. The molecule has 1 rings (SSSR count). The molecule has 1 aromatic rings. The zero-order valence-corrected chi connectivity index (χ0v) is 11.6. The van der Waals surface area contributed by atoms with Crippen LogP contribution < -0.4 is 5.32 Å². The minimum atomic E-state index is -1.04. The number of hydrogen-bond donors (Lipinski definition) is 2. The molecule has 0 heterocycles. The summed E-state index contributed by atoms with van der Waals surface area (Å²) < 4.78 is 4.55. The van der Waals surface area contributed by atoms with Crippen LogP contribution in [0.5, 0.6) is 0 Å². The van der Waals surface area contributed by atoms with Gasteiger partial charge in [-0.05, 0) is 19.5 Å². The number of nitro groups is 1. The summed E-state index contributed by atoms with van der Waals surface area (Å²) in [6.45, 7) is 1.62. The van der Waals surface area contributed by atoms with Crippen molar-refractivity contribution in [1.29, 1.82) is 0 Å². The van der Waals surface area contributed by atoms with Crippen LogP contribution in [0.1, 0.15) is 23.7 Å². The van der Waals surface area contributed by atoms with Gasteiger partial charge in [0.25, 0.3) is 5.69 Å². The first-order valence-corrected chi connectivity index (χ1v) is 6.07. The number of aryl methyl sites for hydroxylation is 1. The maximum absolute atomic E-state index is 11.3. The predicted molar refractivity (Wildman–Crippen MR) is 72.3 cm³/mol. The number of benzene rings is 1. The van der Waals surface area contributed by atoms with Crippen molar-refractivity contribution in [1.82, 2.24) is 5.32 Å². The second-order valence-electron chi connectivity index (χ2n) is 4.42. The molecule has 0 amide bonds. The van der Waals surface area contributed by atoms with Crippen LogP contribution in [0.4, 0.5) is 5.69 Å². The van der Waals surface area contributed by atoms with Gasteiger partial charge < -0.3 is 15.2 Å². The van der Waals surface area contributed by atoms with Gasteiger partial charge in [0, 0.05) is 17.7 Å². The fourth-order valence-electron chi connectivity index (χ4n) is 1.87. The molecule has 1 aromatic carbocycles. The van der Waals surface area contributed by atoms with Crippen molar-refractivity contribution in [3.63, 3.8) is 0 Å². The fourth-order valence-corrected chi connectivity index (χ4v) is 1.87. The Morgan fingerprint density at radius 3 is 2.70 bits per heavy atom. The van der Waals surface area contributed by atoms with Gasteiger partial charge >= 0.3 is 5.97 Å². The third kappa shape index (κ3) is 3.75. The number of carbonyl (C=O) groups excluding carboxylic acids is 1. The third-order valence-electron chi connectivity index (χ3n) is 3.14. The Labute approximate surface area is 116 Å². The monoisotopic (exact) mass is 282 g/mol. The van der Waals surface area contributed by atoms with Crippen LogP contribution >= 0.6 is 0 Å². The van der Waals surface area contributed by atoms with Crippen LogP contribution in [-0.4, -0.2) is 36.2 Å². The van der Waals surface area contributed by atoms with Crippen molar-refractivity contribution in [3.05, 3.63) is 39.4 Å². The van der Waals surface area contributed by atoms with Gasteiger partial charge in [0.15, 0.2) is 0 Å². The van der Waals surface area contributed by atoms with E-state index in [9.17, 15) is 20.0 Å². The summed E-state index contributed by atoms with van der Waals surface area (Å²) in [6, 6.07) is 3.92. The molecule has 2 unspecified atom stereocenters. The molecule has 0 aliphatic carbocycles. The van der Waals surface area contributed by atoms with Gasteiger partial charge in [-0.25, -0.2) is 0 Å². The number of methoxy groups -OCH3 is 1. The summed E-state index contributed by atoms with van der Waals surface area (Å²) >= 11 is 0. The van der Waals surface area contributed by atoms with E-state index in [2.05, 4.69) is 10.1 Å². The van der Waals surface area contributed by atoms with Crippen molar-refractivity contribution >= 4 is 11.7 Å². The van der Waals surface area contributed by atoms with E-state index in [-0.39, 0.29) is 12.1 Å². The number of hydrogen-bond acceptors (Lipinski definition) is 6. The maximum Gasteiger partial charge on any atom is 0.307 e. The molecule has 0 saturated carbocycles. The molecule has 110 valence electrons. The summed E-state index contributed by atoms with van der Waals surface area (Å²) in [5.41, 5.74) is 0.833. The van der Waals surface area contributed by atoms with Crippen LogP contribution in [0.3, 0.4) is 0 Å². The molecule has 0 fully saturated rings. The first kappa shape index (κ1) is 16.1. The van der Waals surface area contributed by atoms with E-state index >= 15 is 0 Å². The van der Waals surface area contributed by atoms with E-state index in [4.69, 9.17) is 0 Å². The van der Waals surface area contributed by atoms with Gasteiger partial charge in [0.05, 0.1) is 24.6 Å². The van der Waals surface area contributed by atoms with Gasteiger partial charge in [-0.15, -0.1) is 0 Å². The van der Waals surface area contributed by atoms with E-state index < -0.39 is 23.0 Å². The molecule has 2 N–H and O–H groups in total. The van der Waals surface area contributed by atoms with Gasteiger partial charge in [-0.1, -0.05) is 12.1 Å². The summed E-state index contributed by atoms with van der Waals surface area (Å²) in [4.78, 5) is 21.7. The number of aliphatic hydroxyl groups excluding tert-OH is 1. The van der Waals surface area contributed by atoms with E-state index in [1.165, 1.54) is 13.2 Å². The van der Waals surface area contributed by atoms with Crippen molar-refractivity contribution in [2.45, 2.75) is 25.5 Å². The van der Waals surface area contributed by atoms with Crippen LogP contribution in [0.2, 0.25) is 0 Å². The van der Waals surface area contributed by atoms with Crippen molar-refractivity contribution in [2.75, 3.05) is 14.2 Å². The summed E-state index contributed by atoms with van der Waals surface area (Å²) in [5, 5.41) is 23.9. The Morgan fingerprint density at radius 2 is 2.20 bits per heavy atom. The number of likely N-dealkylation sites (N-methyl/N-ethyl adjacent to an activating group) is 1.